The first kappa shape index (κ1) is 27.3. The lowest BCUT2D eigenvalue weighted by molar-refractivity contribution is 0.0768. The van der Waals surface area contributed by atoms with Crippen LogP contribution in [0.1, 0.15) is 41.6 Å². The van der Waals surface area contributed by atoms with Crippen molar-refractivity contribution < 1.29 is 13.9 Å². The maximum absolute atomic E-state index is 14.1. The zero-order chi connectivity index (χ0) is 28.3. The van der Waals surface area contributed by atoms with E-state index in [1.807, 2.05) is 36.4 Å². The molecule has 1 saturated heterocycles. The second-order valence-electron chi connectivity index (χ2n) is 10.9. The summed E-state index contributed by atoms with van der Waals surface area (Å²) in [5.41, 5.74) is 5.07. The van der Waals surface area contributed by atoms with Gasteiger partial charge in [0.1, 0.15) is 18.2 Å². The predicted molar refractivity (Wildman–Crippen MR) is 154 cm³/mol. The number of carbonyl (C=O) groups excluding carboxylic acids is 1. The van der Waals surface area contributed by atoms with Crippen LogP contribution in [-0.4, -0.2) is 59.2 Å². The number of rotatable bonds is 5. The van der Waals surface area contributed by atoms with Gasteiger partial charge < -0.3 is 19.4 Å². The largest absolute Gasteiger partial charge is 0.445 e. The van der Waals surface area contributed by atoms with Crippen molar-refractivity contribution in [3.8, 4) is 6.07 Å². The minimum atomic E-state index is -0.419. The molecule has 8 nitrogen and oxygen atoms in total. The Morgan fingerprint density at radius 3 is 2.80 bits per heavy atom. The molecule has 212 valence electrons. The van der Waals surface area contributed by atoms with Crippen molar-refractivity contribution >= 4 is 29.2 Å². The molecule has 2 aliphatic heterocycles. The monoisotopic (exact) mass is 574 g/mol. The number of nitriles is 1. The van der Waals surface area contributed by atoms with Gasteiger partial charge in [-0.2, -0.15) is 5.26 Å². The molecule has 1 aromatic heterocycles. The number of ether oxygens (including phenoxy) is 1. The standard InChI is InChI=1S/C31H32ClFN6O2/c32-30-35-27-18-24(38-14-4-7-22-8-9-23(33)17-28(22)38)10-11-26(27)29(36-30)37-15-16-39(25(19-37)12-13-34)31(40)41-20-21-5-2-1-3-6-21/h1-3,5-6,8-9,17,24-25H,4,7,10-12,14-16,18-20H2/t24-,25-/m0/s1. The van der Waals surface area contributed by atoms with Crippen LogP contribution >= 0.6 is 11.6 Å². The second kappa shape index (κ2) is 11.9. The Bertz CT molecular complexity index is 1460. The Morgan fingerprint density at radius 1 is 1.12 bits per heavy atom. The number of halogens is 2. The van der Waals surface area contributed by atoms with Gasteiger partial charge in [0.15, 0.2) is 0 Å². The molecule has 41 heavy (non-hydrogen) atoms. The van der Waals surface area contributed by atoms with Crippen molar-refractivity contribution in [1.29, 1.82) is 5.26 Å². The highest BCUT2D eigenvalue weighted by molar-refractivity contribution is 6.28. The molecule has 0 N–H and O–H groups in total. The van der Waals surface area contributed by atoms with Gasteiger partial charge in [-0.1, -0.05) is 36.4 Å². The number of fused-ring (bicyclic) bond motifs is 2. The van der Waals surface area contributed by atoms with Gasteiger partial charge in [0.25, 0.3) is 0 Å². The smallest absolute Gasteiger partial charge is 0.410 e. The first-order valence-electron chi connectivity index (χ1n) is 14.2. The Morgan fingerprint density at radius 2 is 1.98 bits per heavy atom. The Hall–Kier alpha value is -3.90. The molecular weight excluding hydrogens is 543 g/mol. The molecule has 3 aliphatic rings. The third-order valence-electron chi connectivity index (χ3n) is 8.39. The Balaban J connectivity index is 1.18. The van der Waals surface area contributed by atoms with Crippen molar-refractivity contribution in [2.45, 2.75) is 57.2 Å². The van der Waals surface area contributed by atoms with E-state index in [0.29, 0.717) is 26.1 Å². The summed E-state index contributed by atoms with van der Waals surface area (Å²) in [6.07, 6.45) is 4.14. The normalized spacial score (nSPS) is 20.2. The van der Waals surface area contributed by atoms with Gasteiger partial charge in [0.05, 0.1) is 24.2 Å². The summed E-state index contributed by atoms with van der Waals surface area (Å²) in [5.74, 6) is 0.568. The molecule has 2 aromatic carbocycles. The number of amides is 1. The topological polar surface area (TPSA) is 85.6 Å². The molecule has 2 atom stereocenters. The van der Waals surface area contributed by atoms with Crippen LogP contribution in [0.3, 0.4) is 0 Å². The summed E-state index contributed by atoms with van der Waals surface area (Å²) in [6, 6.07) is 16.7. The number of hydrogen-bond donors (Lipinski definition) is 0. The molecule has 3 aromatic rings. The lowest BCUT2D eigenvalue weighted by atomic mass is 9.88. The summed E-state index contributed by atoms with van der Waals surface area (Å²) in [6.45, 7) is 2.49. The maximum atomic E-state index is 14.1. The number of hydrogen-bond acceptors (Lipinski definition) is 7. The molecule has 1 aliphatic carbocycles. The molecule has 3 heterocycles. The van der Waals surface area contributed by atoms with E-state index in [9.17, 15) is 14.4 Å². The van der Waals surface area contributed by atoms with Crippen LogP contribution in [0.5, 0.6) is 0 Å². The van der Waals surface area contributed by atoms with Crippen molar-refractivity contribution in [1.82, 2.24) is 14.9 Å². The fourth-order valence-corrected chi connectivity index (χ4v) is 6.58. The first-order chi connectivity index (χ1) is 20.0. The summed E-state index contributed by atoms with van der Waals surface area (Å²) < 4.78 is 19.7. The zero-order valence-corrected chi connectivity index (χ0v) is 23.6. The third-order valence-corrected chi connectivity index (χ3v) is 8.56. The molecule has 1 amide bonds. The van der Waals surface area contributed by atoms with Crippen molar-refractivity contribution in [2.24, 2.45) is 0 Å². The molecule has 0 saturated carbocycles. The van der Waals surface area contributed by atoms with Crippen LogP contribution in [0.25, 0.3) is 0 Å². The van der Waals surface area contributed by atoms with Gasteiger partial charge >= 0.3 is 6.09 Å². The van der Waals surface area contributed by atoms with Gasteiger partial charge in [-0.15, -0.1) is 0 Å². The minimum absolute atomic E-state index is 0.184. The van der Waals surface area contributed by atoms with Crippen molar-refractivity contribution in [3.05, 3.63) is 82.0 Å². The lowest BCUT2D eigenvalue weighted by Gasteiger charge is -2.43. The molecule has 1 fully saturated rings. The third kappa shape index (κ3) is 5.80. The highest BCUT2D eigenvalue weighted by atomic mass is 35.5. The van der Waals surface area contributed by atoms with Crippen LogP contribution in [-0.2, 0) is 30.6 Å². The fourth-order valence-electron chi connectivity index (χ4n) is 6.40. The average molecular weight is 575 g/mol. The van der Waals surface area contributed by atoms with Gasteiger partial charge in [0, 0.05) is 49.9 Å². The number of piperazine rings is 1. The number of aromatic nitrogens is 2. The molecule has 0 bridgehead atoms. The molecule has 10 heteroatoms. The Labute approximate surface area is 244 Å². The fraction of sp³-hybridized carbons (Fsp3) is 0.419. The van der Waals surface area contributed by atoms with Crippen LogP contribution < -0.4 is 9.80 Å². The molecular formula is C31H32ClFN6O2. The van der Waals surface area contributed by atoms with Crippen LogP contribution in [0.2, 0.25) is 5.28 Å². The van der Waals surface area contributed by atoms with E-state index in [1.54, 1.807) is 17.0 Å². The van der Waals surface area contributed by atoms with E-state index in [0.717, 1.165) is 60.6 Å². The van der Waals surface area contributed by atoms with E-state index in [1.165, 1.54) is 5.56 Å². The number of aryl methyl sites for hydroxylation is 1. The lowest BCUT2D eigenvalue weighted by Crippen LogP contribution is -2.55. The van der Waals surface area contributed by atoms with Crippen molar-refractivity contribution in [2.75, 3.05) is 36.0 Å². The molecule has 6 rings (SSSR count). The van der Waals surface area contributed by atoms with E-state index in [-0.39, 0.29) is 36.2 Å². The van der Waals surface area contributed by atoms with E-state index >= 15 is 0 Å². The SMILES string of the molecule is N#CC[C@H]1CN(c2nc(Cl)nc3c2CC[C@H](N2CCCc4ccc(F)cc42)C3)CCN1C(=O)OCc1ccccc1. The van der Waals surface area contributed by atoms with Gasteiger partial charge in [-0.25, -0.2) is 19.2 Å². The molecule has 0 spiro atoms. The number of nitrogens with zero attached hydrogens (tertiary/aromatic N) is 6. The van der Waals surface area contributed by atoms with Gasteiger partial charge in [-0.3, -0.25) is 0 Å². The zero-order valence-electron chi connectivity index (χ0n) is 22.8. The summed E-state index contributed by atoms with van der Waals surface area (Å²) in [4.78, 5) is 28.4. The van der Waals surface area contributed by atoms with Crippen LogP contribution in [0.15, 0.2) is 48.5 Å². The summed E-state index contributed by atoms with van der Waals surface area (Å²) >= 11 is 6.46. The van der Waals surface area contributed by atoms with E-state index in [4.69, 9.17) is 16.3 Å². The quantitative estimate of drug-likeness (QED) is 0.381. The maximum Gasteiger partial charge on any atom is 0.410 e. The highest BCUT2D eigenvalue weighted by Crippen LogP contribution is 2.36. The first-order valence-corrected chi connectivity index (χ1v) is 14.6. The molecule has 0 radical (unpaired) electrons. The number of anilines is 2. The van der Waals surface area contributed by atoms with E-state index in [2.05, 4.69) is 25.8 Å². The highest BCUT2D eigenvalue weighted by Gasteiger charge is 2.36. The minimum Gasteiger partial charge on any atom is -0.445 e. The van der Waals surface area contributed by atoms with Gasteiger partial charge in [0.2, 0.25) is 5.28 Å². The Kier molecular flexibility index (Phi) is 7.93. The van der Waals surface area contributed by atoms with Crippen LogP contribution in [0.4, 0.5) is 20.7 Å². The molecule has 0 unspecified atom stereocenters. The number of carbonyl (C=O) groups is 1. The predicted octanol–water partition coefficient (Wildman–Crippen LogP) is 5.32. The summed E-state index contributed by atoms with van der Waals surface area (Å²) in [5, 5.41) is 9.72. The number of benzene rings is 2. The van der Waals surface area contributed by atoms with E-state index < -0.39 is 6.09 Å². The van der Waals surface area contributed by atoms with Gasteiger partial charge in [-0.05, 0) is 60.5 Å². The second-order valence-corrected chi connectivity index (χ2v) is 11.2. The average Bonchev–Trinajstić information content (AvgIpc) is 2.99. The van der Waals surface area contributed by atoms with Crippen molar-refractivity contribution in [3.63, 3.8) is 0 Å². The summed E-state index contributed by atoms with van der Waals surface area (Å²) in [7, 11) is 0. The van der Waals surface area contributed by atoms with Crippen LogP contribution in [0, 0.1) is 17.1 Å².